The Morgan fingerprint density at radius 1 is 1.62 bits per heavy atom. The number of rotatable bonds is 1. The number of hydrogen-bond acceptors (Lipinski definition) is 1. The Morgan fingerprint density at radius 2 is 2.12 bits per heavy atom. The van der Waals surface area contributed by atoms with Gasteiger partial charge >= 0.3 is 0 Å². The molecular weight excluding hydrogens is 144 g/mol. The van der Waals surface area contributed by atoms with Gasteiger partial charge in [-0.3, -0.25) is 0 Å². The Bertz CT molecular complexity index is 93.3. The largest absolute Gasteiger partial charge is 0.217 e. The minimum atomic E-state index is -1.48. The molecule has 0 atom stereocenters. The molecule has 0 amide bonds. The maximum absolute atomic E-state index is 11.1. The number of amidine groups is 1. The molecule has 0 N–H and O–H groups in total. The standard InChI is InChI=1S/C2H2ClF3N2/c3-1-2(7-4)8(5)6/h1H2. The first-order valence-electron chi connectivity index (χ1n) is 1.58. The lowest BCUT2D eigenvalue weighted by Gasteiger charge is -1.96. The Morgan fingerprint density at radius 3 is 2.12 bits per heavy atom. The molecule has 0 aromatic carbocycles. The SMILES string of the molecule is FN=C(CCl)N(F)F. The van der Waals surface area contributed by atoms with Gasteiger partial charge in [-0.05, 0) is 5.34 Å². The zero-order valence-corrected chi connectivity index (χ0v) is 4.37. The van der Waals surface area contributed by atoms with Gasteiger partial charge in [-0.25, -0.2) is 0 Å². The number of hydrogen-bond donors (Lipinski definition) is 0. The van der Waals surface area contributed by atoms with E-state index in [-0.39, 0.29) is 0 Å². The van der Waals surface area contributed by atoms with Crippen LogP contribution in [0.1, 0.15) is 0 Å². The van der Waals surface area contributed by atoms with Crippen molar-refractivity contribution in [2.45, 2.75) is 0 Å². The number of halogens is 4. The minimum absolute atomic E-state index is 0.635. The first kappa shape index (κ1) is 7.55. The van der Waals surface area contributed by atoms with E-state index >= 15 is 0 Å². The van der Waals surface area contributed by atoms with E-state index in [1.165, 1.54) is 0 Å². The first-order valence-corrected chi connectivity index (χ1v) is 2.11. The fourth-order valence-corrected chi connectivity index (χ4v) is 0.232. The van der Waals surface area contributed by atoms with Crippen LogP contribution in [0, 0.1) is 0 Å². The van der Waals surface area contributed by atoms with Gasteiger partial charge in [-0.1, -0.05) is 18.7 Å². The Kier molecular flexibility index (Phi) is 3.34. The van der Waals surface area contributed by atoms with E-state index in [4.69, 9.17) is 11.6 Å². The molecule has 0 saturated carbocycles. The molecule has 8 heavy (non-hydrogen) atoms. The van der Waals surface area contributed by atoms with E-state index in [1.54, 1.807) is 5.21 Å². The smallest absolute Gasteiger partial charge is 0.118 e. The van der Waals surface area contributed by atoms with Crippen LogP contribution in [-0.4, -0.2) is 17.1 Å². The van der Waals surface area contributed by atoms with Crippen LogP contribution in [0.2, 0.25) is 0 Å². The summed E-state index contributed by atoms with van der Waals surface area (Å²) in [6.45, 7) is 0. The zero-order chi connectivity index (χ0) is 6.57. The van der Waals surface area contributed by atoms with Crippen LogP contribution in [0.3, 0.4) is 0 Å². The molecule has 6 heteroatoms. The summed E-state index contributed by atoms with van der Waals surface area (Å²) in [7, 11) is 0. The molecule has 0 spiro atoms. The monoisotopic (exact) mass is 146 g/mol. The molecule has 0 saturated heterocycles. The summed E-state index contributed by atoms with van der Waals surface area (Å²) in [5.41, 5.74) is 0. The lowest BCUT2D eigenvalue weighted by atomic mass is 10.7. The highest BCUT2D eigenvalue weighted by Gasteiger charge is 2.06. The highest BCUT2D eigenvalue weighted by molar-refractivity contribution is 6.27. The van der Waals surface area contributed by atoms with Gasteiger partial charge in [0.15, 0.2) is 0 Å². The second-order valence-corrected chi connectivity index (χ2v) is 1.13. The molecule has 0 unspecified atom stereocenters. The first-order chi connectivity index (χ1) is 3.72. The van der Waals surface area contributed by atoms with Gasteiger partial charge in [-0.2, -0.15) is 0 Å². The molecule has 0 heterocycles. The molecule has 0 radical (unpaired) electrons. The summed E-state index contributed by atoms with van der Waals surface area (Å²) in [5.74, 6) is -1.73. The average molecular weight is 146 g/mol. The molecule has 0 aromatic heterocycles. The van der Waals surface area contributed by atoms with Crippen molar-refractivity contribution in [1.82, 2.24) is 5.34 Å². The molecule has 0 aliphatic carbocycles. The third-order valence-corrected chi connectivity index (χ3v) is 0.651. The summed E-state index contributed by atoms with van der Waals surface area (Å²) in [5, 5.41) is 0.188. The van der Waals surface area contributed by atoms with Crippen LogP contribution in [0.25, 0.3) is 0 Å². The second-order valence-electron chi connectivity index (χ2n) is 0.867. The van der Waals surface area contributed by atoms with Gasteiger partial charge in [0.25, 0.3) is 0 Å². The molecule has 0 aliphatic rings. The average Bonchev–Trinajstić information content (AvgIpc) is 1.69. The summed E-state index contributed by atoms with van der Waals surface area (Å²) in [6, 6.07) is 0. The number of alkyl halides is 1. The van der Waals surface area contributed by atoms with Crippen LogP contribution in [0.15, 0.2) is 5.21 Å². The fourth-order valence-electron chi connectivity index (χ4n) is 0.0963. The van der Waals surface area contributed by atoms with E-state index in [0.29, 0.717) is 0 Å². The van der Waals surface area contributed by atoms with Gasteiger partial charge in [-0.15, -0.1) is 11.6 Å². The molecule has 0 aromatic rings. The number of nitrogens with zero attached hydrogens (tertiary/aromatic N) is 2. The second kappa shape index (κ2) is 3.54. The van der Waals surface area contributed by atoms with Gasteiger partial charge in [0.1, 0.15) is 0 Å². The van der Waals surface area contributed by atoms with Gasteiger partial charge in [0, 0.05) is 0 Å². The van der Waals surface area contributed by atoms with E-state index in [1.807, 2.05) is 0 Å². The molecule has 48 valence electrons. The maximum Gasteiger partial charge on any atom is 0.217 e. The fraction of sp³-hybridized carbons (Fsp3) is 0.500. The minimum Gasteiger partial charge on any atom is -0.118 e. The van der Waals surface area contributed by atoms with Crippen molar-refractivity contribution in [2.75, 3.05) is 5.88 Å². The summed E-state index contributed by atoms with van der Waals surface area (Å²) in [6.07, 6.45) is 0. The van der Waals surface area contributed by atoms with Crippen molar-refractivity contribution in [3.63, 3.8) is 0 Å². The van der Waals surface area contributed by atoms with Crippen molar-refractivity contribution in [3.05, 3.63) is 0 Å². The molecular formula is C2H2ClF3N2. The van der Waals surface area contributed by atoms with Crippen LogP contribution in [-0.2, 0) is 0 Å². The van der Waals surface area contributed by atoms with Gasteiger partial charge in [0.2, 0.25) is 5.84 Å². The van der Waals surface area contributed by atoms with Crippen molar-refractivity contribution in [3.8, 4) is 0 Å². The quantitative estimate of drug-likeness (QED) is 0.237. The normalized spacial score (nSPS) is 11.8. The van der Waals surface area contributed by atoms with Crippen LogP contribution >= 0.6 is 11.6 Å². The summed E-state index contributed by atoms with van der Waals surface area (Å²) < 4.78 is 33.0. The summed E-state index contributed by atoms with van der Waals surface area (Å²) in [4.78, 5) is 0. The predicted molar refractivity (Wildman–Crippen MR) is 23.3 cm³/mol. The lowest BCUT2D eigenvalue weighted by molar-refractivity contribution is -0.0756. The Labute approximate surface area is 48.4 Å². The topological polar surface area (TPSA) is 15.6 Å². The molecule has 0 aliphatic heterocycles. The van der Waals surface area contributed by atoms with Crippen LogP contribution < -0.4 is 0 Å². The summed E-state index contributed by atoms with van der Waals surface area (Å²) >= 11 is 4.77. The van der Waals surface area contributed by atoms with E-state index in [2.05, 4.69) is 0 Å². The molecule has 0 bridgehead atoms. The van der Waals surface area contributed by atoms with Crippen LogP contribution in [0.4, 0.5) is 13.4 Å². The molecule has 0 fully saturated rings. The van der Waals surface area contributed by atoms with Crippen LogP contribution in [0.5, 0.6) is 0 Å². The van der Waals surface area contributed by atoms with E-state index < -0.39 is 17.1 Å². The van der Waals surface area contributed by atoms with Gasteiger partial charge < -0.3 is 0 Å². The third kappa shape index (κ3) is 2.02. The van der Waals surface area contributed by atoms with E-state index in [9.17, 15) is 13.4 Å². The van der Waals surface area contributed by atoms with Gasteiger partial charge in [0.05, 0.1) is 5.88 Å². The van der Waals surface area contributed by atoms with Crippen molar-refractivity contribution in [1.29, 1.82) is 0 Å². The Hall–Kier alpha value is -0.450. The molecule has 0 rings (SSSR count). The third-order valence-electron chi connectivity index (χ3n) is 0.412. The predicted octanol–water partition coefficient (Wildman–Crippen LogP) is 1.58. The van der Waals surface area contributed by atoms with Crippen molar-refractivity contribution < 1.29 is 13.4 Å². The Balaban J connectivity index is 3.72. The van der Waals surface area contributed by atoms with Crippen molar-refractivity contribution >= 4 is 17.4 Å². The highest BCUT2D eigenvalue weighted by atomic mass is 35.5. The zero-order valence-electron chi connectivity index (χ0n) is 3.61. The highest BCUT2D eigenvalue weighted by Crippen LogP contribution is 1.95. The van der Waals surface area contributed by atoms with Crippen molar-refractivity contribution in [2.24, 2.45) is 5.21 Å². The maximum atomic E-state index is 11.1. The lowest BCUT2D eigenvalue weighted by Crippen LogP contribution is -2.14. The molecule has 2 nitrogen and oxygen atoms in total. The van der Waals surface area contributed by atoms with E-state index in [0.717, 1.165) is 0 Å².